The van der Waals surface area contributed by atoms with Crippen molar-refractivity contribution in [3.63, 3.8) is 0 Å². The number of hydrogen-bond donors (Lipinski definition) is 1. The van der Waals surface area contributed by atoms with Gasteiger partial charge in [0.25, 0.3) is 0 Å². The molecule has 13 heavy (non-hydrogen) atoms. The number of aromatic nitrogens is 2. The highest BCUT2D eigenvalue weighted by Gasteiger charge is 2.04. The molecule has 3 nitrogen and oxygen atoms in total. The van der Waals surface area contributed by atoms with Crippen LogP contribution in [0.5, 0.6) is 0 Å². The molecule has 0 radical (unpaired) electrons. The molecule has 0 fully saturated rings. The Morgan fingerprint density at radius 2 is 2.15 bits per heavy atom. The van der Waals surface area contributed by atoms with Crippen LogP contribution in [0, 0.1) is 0 Å². The first-order valence-corrected chi connectivity index (χ1v) is 4.40. The van der Waals surface area contributed by atoms with Crippen molar-refractivity contribution in [1.29, 1.82) is 0 Å². The number of nitrogens with two attached hydrogens (primary N) is 1. The van der Waals surface area contributed by atoms with E-state index >= 15 is 0 Å². The number of nitrogen functional groups attached to an aromatic ring is 1. The standard InChI is InChI=1S/C10H13N3/c1-7(2)13-6-12-9-5-8(11)3-4-10(9)13/h3-7H,11H2,1-2H3. The Labute approximate surface area is 77.2 Å². The smallest absolute Gasteiger partial charge is 0.0960 e. The molecule has 0 saturated heterocycles. The molecule has 0 atom stereocenters. The maximum absolute atomic E-state index is 5.66. The topological polar surface area (TPSA) is 43.8 Å². The lowest BCUT2D eigenvalue weighted by molar-refractivity contribution is 0.617. The van der Waals surface area contributed by atoms with Gasteiger partial charge in [-0.05, 0) is 32.0 Å². The van der Waals surface area contributed by atoms with Crippen LogP contribution in [-0.2, 0) is 0 Å². The number of anilines is 1. The molecule has 0 spiro atoms. The molecule has 0 saturated carbocycles. The van der Waals surface area contributed by atoms with Crippen molar-refractivity contribution in [3.8, 4) is 0 Å². The minimum atomic E-state index is 0.439. The summed E-state index contributed by atoms with van der Waals surface area (Å²) < 4.78 is 2.13. The molecule has 3 heteroatoms. The van der Waals surface area contributed by atoms with E-state index in [2.05, 4.69) is 23.4 Å². The van der Waals surface area contributed by atoms with E-state index < -0.39 is 0 Å². The lowest BCUT2D eigenvalue weighted by Crippen LogP contribution is -1.97. The number of imidazole rings is 1. The molecule has 1 aromatic heterocycles. The highest BCUT2D eigenvalue weighted by Crippen LogP contribution is 2.19. The second kappa shape index (κ2) is 2.76. The second-order valence-corrected chi connectivity index (χ2v) is 3.49. The van der Waals surface area contributed by atoms with Crippen molar-refractivity contribution in [3.05, 3.63) is 24.5 Å². The summed E-state index contributed by atoms with van der Waals surface area (Å²) >= 11 is 0. The third-order valence-corrected chi connectivity index (χ3v) is 2.16. The fourth-order valence-electron chi connectivity index (χ4n) is 1.46. The summed E-state index contributed by atoms with van der Waals surface area (Å²) in [5.74, 6) is 0. The van der Waals surface area contributed by atoms with E-state index in [1.54, 1.807) is 0 Å². The van der Waals surface area contributed by atoms with Crippen LogP contribution in [0.15, 0.2) is 24.5 Å². The third kappa shape index (κ3) is 1.26. The number of hydrogen-bond acceptors (Lipinski definition) is 2. The van der Waals surface area contributed by atoms with Crippen LogP contribution < -0.4 is 5.73 Å². The first kappa shape index (κ1) is 8.10. The minimum absolute atomic E-state index is 0.439. The van der Waals surface area contributed by atoms with Crippen LogP contribution >= 0.6 is 0 Å². The van der Waals surface area contributed by atoms with Gasteiger partial charge in [-0.3, -0.25) is 0 Å². The van der Waals surface area contributed by atoms with E-state index in [9.17, 15) is 0 Å². The lowest BCUT2D eigenvalue weighted by Gasteiger charge is -2.07. The van der Waals surface area contributed by atoms with E-state index in [4.69, 9.17) is 5.73 Å². The van der Waals surface area contributed by atoms with Crippen molar-refractivity contribution in [2.75, 3.05) is 5.73 Å². The highest BCUT2D eigenvalue weighted by molar-refractivity contribution is 5.79. The van der Waals surface area contributed by atoms with Gasteiger partial charge in [-0.2, -0.15) is 0 Å². The Hall–Kier alpha value is -1.51. The van der Waals surface area contributed by atoms with Gasteiger partial charge < -0.3 is 10.3 Å². The first-order valence-electron chi connectivity index (χ1n) is 4.40. The SMILES string of the molecule is CC(C)n1cnc2cc(N)ccc21. The number of fused-ring (bicyclic) bond motifs is 1. The molecule has 0 aliphatic heterocycles. The van der Waals surface area contributed by atoms with Gasteiger partial charge in [0.05, 0.1) is 17.4 Å². The lowest BCUT2D eigenvalue weighted by atomic mass is 10.2. The molecule has 2 aromatic rings. The van der Waals surface area contributed by atoms with Crippen LogP contribution in [-0.4, -0.2) is 9.55 Å². The van der Waals surface area contributed by atoms with E-state index in [1.165, 1.54) is 0 Å². The van der Waals surface area contributed by atoms with Gasteiger partial charge >= 0.3 is 0 Å². The van der Waals surface area contributed by atoms with E-state index in [0.29, 0.717) is 6.04 Å². The Morgan fingerprint density at radius 3 is 2.85 bits per heavy atom. The maximum Gasteiger partial charge on any atom is 0.0960 e. The number of nitrogens with zero attached hydrogens (tertiary/aromatic N) is 2. The molecular formula is C10H13N3. The van der Waals surface area contributed by atoms with Gasteiger partial charge in [-0.25, -0.2) is 4.98 Å². The fourth-order valence-corrected chi connectivity index (χ4v) is 1.46. The molecular weight excluding hydrogens is 162 g/mol. The van der Waals surface area contributed by atoms with Gasteiger partial charge in [0, 0.05) is 11.7 Å². The van der Waals surface area contributed by atoms with Crippen LogP contribution in [0.1, 0.15) is 19.9 Å². The van der Waals surface area contributed by atoms with Gasteiger partial charge in [-0.1, -0.05) is 0 Å². The second-order valence-electron chi connectivity index (χ2n) is 3.49. The van der Waals surface area contributed by atoms with Crippen molar-refractivity contribution >= 4 is 16.7 Å². The summed E-state index contributed by atoms with van der Waals surface area (Å²) in [7, 11) is 0. The number of rotatable bonds is 1. The molecule has 0 aliphatic rings. The Morgan fingerprint density at radius 1 is 1.38 bits per heavy atom. The van der Waals surface area contributed by atoms with Crippen LogP contribution in [0.25, 0.3) is 11.0 Å². The molecule has 2 N–H and O–H groups in total. The van der Waals surface area contributed by atoms with Crippen molar-refractivity contribution in [2.45, 2.75) is 19.9 Å². The predicted octanol–water partition coefficient (Wildman–Crippen LogP) is 2.20. The van der Waals surface area contributed by atoms with Crippen molar-refractivity contribution < 1.29 is 0 Å². The monoisotopic (exact) mass is 175 g/mol. The Balaban J connectivity index is 2.69. The van der Waals surface area contributed by atoms with Gasteiger partial charge in [0.2, 0.25) is 0 Å². The van der Waals surface area contributed by atoms with Crippen LogP contribution in [0.2, 0.25) is 0 Å². The molecule has 0 amide bonds. The predicted molar refractivity (Wildman–Crippen MR) is 54.5 cm³/mol. The average Bonchev–Trinajstić information content (AvgIpc) is 2.46. The zero-order chi connectivity index (χ0) is 9.42. The first-order chi connectivity index (χ1) is 6.18. The summed E-state index contributed by atoms with van der Waals surface area (Å²) in [6.07, 6.45) is 1.86. The summed E-state index contributed by atoms with van der Waals surface area (Å²) in [6, 6.07) is 6.25. The zero-order valence-corrected chi connectivity index (χ0v) is 7.86. The fraction of sp³-hybridized carbons (Fsp3) is 0.300. The van der Waals surface area contributed by atoms with Crippen molar-refractivity contribution in [2.24, 2.45) is 0 Å². The summed E-state index contributed by atoms with van der Waals surface area (Å²) in [6.45, 7) is 4.27. The molecule has 1 heterocycles. The average molecular weight is 175 g/mol. The van der Waals surface area contributed by atoms with Crippen molar-refractivity contribution in [1.82, 2.24) is 9.55 Å². The highest BCUT2D eigenvalue weighted by atomic mass is 15.1. The summed E-state index contributed by atoms with van der Waals surface area (Å²) in [4.78, 5) is 4.28. The quantitative estimate of drug-likeness (QED) is 0.675. The molecule has 0 unspecified atom stereocenters. The van der Waals surface area contributed by atoms with E-state index in [0.717, 1.165) is 16.7 Å². The summed E-state index contributed by atoms with van der Waals surface area (Å²) in [5.41, 5.74) is 8.53. The van der Waals surface area contributed by atoms with Crippen LogP contribution in [0.4, 0.5) is 5.69 Å². The van der Waals surface area contributed by atoms with Gasteiger partial charge in [0.15, 0.2) is 0 Å². The molecule has 68 valence electrons. The van der Waals surface area contributed by atoms with Gasteiger partial charge in [-0.15, -0.1) is 0 Å². The van der Waals surface area contributed by atoms with Gasteiger partial charge in [0.1, 0.15) is 0 Å². The minimum Gasteiger partial charge on any atom is -0.399 e. The molecule has 1 aromatic carbocycles. The molecule has 0 bridgehead atoms. The normalized spacial score (nSPS) is 11.3. The maximum atomic E-state index is 5.66. The third-order valence-electron chi connectivity index (χ3n) is 2.16. The molecule has 0 aliphatic carbocycles. The zero-order valence-electron chi connectivity index (χ0n) is 7.86. The van der Waals surface area contributed by atoms with E-state index in [1.807, 2.05) is 24.5 Å². The van der Waals surface area contributed by atoms with Crippen LogP contribution in [0.3, 0.4) is 0 Å². The molecule has 2 rings (SSSR count). The Bertz CT molecular complexity index is 429. The largest absolute Gasteiger partial charge is 0.399 e. The summed E-state index contributed by atoms with van der Waals surface area (Å²) in [5, 5.41) is 0. The van der Waals surface area contributed by atoms with E-state index in [-0.39, 0.29) is 0 Å². The Kier molecular flexibility index (Phi) is 1.72. The number of benzene rings is 1.